The third-order valence-electron chi connectivity index (χ3n) is 15.7. The molecule has 0 saturated heterocycles. The number of amides is 3. The molecule has 7 aromatic carbocycles. The second kappa shape index (κ2) is 20.3. The van der Waals surface area contributed by atoms with E-state index in [9.17, 15) is 19.2 Å². The number of nitrogens with zero attached hydrogens (tertiary/aromatic N) is 1. The summed E-state index contributed by atoms with van der Waals surface area (Å²) in [6.07, 6.45) is 4.02. The molecule has 7 aromatic rings. The number of imide groups is 1. The van der Waals surface area contributed by atoms with E-state index < -0.39 is 16.9 Å². The van der Waals surface area contributed by atoms with Gasteiger partial charge in [-0.15, -0.1) is 0 Å². The molecule has 1 N–H and O–H groups in total. The second-order valence-corrected chi connectivity index (χ2v) is 20.2. The molecule has 1 heterocycles. The molecule has 72 heavy (non-hydrogen) atoms. The zero-order valence-electron chi connectivity index (χ0n) is 43.6. The van der Waals surface area contributed by atoms with Gasteiger partial charge in [-0.3, -0.25) is 24.1 Å². The Morgan fingerprint density at radius 2 is 1.07 bits per heavy atom. The van der Waals surface area contributed by atoms with Gasteiger partial charge in [-0.1, -0.05) is 115 Å². The number of anilines is 1. The normalized spacial score (nSPS) is 12.7. The van der Waals surface area contributed by atoms with E-state index in [1.807, 2.05) is 113 Å². The third-order valence-corrected chi connectivity index (χ3v) is 15.7. The number of carbonyl (C=O) groups excluding carboxylic acids is 4. The topological polar surface area (TPSA) is 102 Å². The van der Waals surface area contributed by atoms with E-state index in [4.69, 9.17) is 9.47 Å². The summed E-state index contributed by atoms with van der Waals surface area (Å²) in [4.78, 5) is 55.6. The highest BCUT2D eigenvalue weighted by Crippen LogP contribution is 2.45. The Kier molecular flexibility index (Phi) is 14.3. The SMILES string of the molecule is CCC(C)(CC)c1ccc(-c2ccc(NC(=O)c3cc(Oc4ccc(C(C)(C)c5ccc(Oc6ccc7c(c6)C(=O)N(C(CC)(CC)c6c(C)cccc6C)C7=O)cc5)cc4)ccc3C=O)c(C)c2)cc1C. The molecule has 1 aliphatic heterocycles. The highest BCUT2D eigenvalue weighted by atomic mass is 16.5. The van der Waals surface area contributed by atoms with Crippen LogP contribution in [-0.4, -0.2) is 28.9 Å². The molecule has 0 saturated carbocycles. The smallest absolute Gasteiger partial charge is 0.262 e. The van der Waals surface area contributed by atoms with Crippen LogP contribution in [0.15, 0.2) is 140 Å². The van der Waals surface area contributed by atoms with Crippen molar-refractivity contribution in [3.05, 3.63) is 206 Å². The average Bonchev–Trinajstić information content (AvgIpc) is 3.63. The Morgan fingerprint density at radius 3 is 1.60 bits per heavy atom. The summed E-state index contributed by atoms with van der Waals surface area (Å²) in [6, 6.07) is 44.5. The predicted molar refractivity (Wildman–Crippen MR) is 289 cm³/mol. The summed E-state index contributed by atoms with van der Waals surface area (Å²) in [6.45, 7) is 23.4. The van der Waals surface area contributed by atoms with Crippen LogP contribution in [0.4, 0.5) is 5.69 Å². The van der Waals surface area contributed by atoms with Crippen LogP contribution in [0.2, 0.25) is 0 Å². The van der Waals surface area contributed by atoms with Crippen LogP contribution in [0.25, 0.3) is 11.1 Å². The third kappa shape index (κ3) is 9.38. The first-order chi connectivity index (χ1) is 34.4. The van der Waals surface area contributed by atoms with Gasteiger partial charge >= 0.3 is 0 Å². The zero-order valence-corrected chi connectivity index (χ0v) is 43.6. The molecule has 8 heteroatoms. The van der Waals surface area contributed by atoms with E-state index in [1.165, 1.54) is 16.0 Å². The van der Waals surface area contributed by atoms with Gasteiger partial charge in [0.05, 0.1) is 22.2 Å². The Morgan fingerprint density at radius 1 is 0.556 bits per heavy atom. The predicted octanol–water partition coefficient (Wildman–Crippen LogP) is 16.0. The van der Waals surface area contributed by atoms with E-state index in [1.54, 1.807) is 36.4 Å². The standard InChI is InChI=1S/C64H66N2O6/c1-12-63(11,13-2)56-33-20-44(35-42(56)7)45-21-34-57(43(8)36-45)65-59(68)54-37-51(26-19-46(54)39-67)71-49-27-22-47(23-28-49)62(9,10)48-24-29-50(30-25-48)72-52-31-32-53-55(38-52)61(70)66(60(53)69)64(14-3,15-4)58-40(5)17-16-18-41(58)6/h16-39H,12-15H2,1-11H3,(H,65,68). The Bertz CT molecular complexity index is 3190. The number of aryl methyl sites for hydroxylation is 4. The van der Waals surface area contributed by atoms with Crippen molar-refractivity contribution in [1.29, 1.82) is 0 Å². The van der Waals surface area contributed by atoms with Crippen molar-refractivity contribution in [2.45, 2.75) is 118 Å². The average molecular weight is 959 g/mol. The number of rotatable bonds is 17. The molecule has 368 valence electrons. The molecular formula is C64H66N2O6. The largest absolute Gasteiger partial charge is 0.457 e. The molecule has 0 radical (unpaired) electrons. The maximum absolute atomic E-state index is 14.2. The maximum Gasteiger partial charge on any atom is 0.262 e. The summed E-state index contributed by atoms with van der Waals surface area (Å²) < 4.78 is 12.6. The number of benzene rings is 7. The highest BCUT2D eigenvalue weighted by Gasteiger charge is 2.49. The summed E-state index contributed by atoms with van der Waals surface area (Å²) in [5.74, 6) is 1.06. The van der Waals surface area contributed by atoms with E-state index >= 15 is 0 Å². The number of aldehydes is 1. The quantitative estimate of drug-likeness (QED) is 0.0720. The Hall–Kier alpha value is -7.58. The molecule has 0 fully saturated rings. The molecule has 0 bridgehead atoms. The first-order valence-electron chi connectivity index (χ1n) is 25.2. The molecule has 0 unspecified atom stereocenters. The number of hydrogen-bond donors (Lipinski definition) is 1. The van der Waals surface area contributed by atoms with Crippen molar-refractivity contribution in [2.75, 3.05) is 5.32 Å². The van der Waals surface area contributed by atoms with Crippen LogP contribution in [-0.2, 0) is 16.4 Å². The molecule has 0 spiro atoms. The van der Waals surface area contributed by atoms with Crippen molar-refractivity contribution in [3.8, 4) is 34.1 Å². The van der Waals surface area contributed by atoms with Gasteiger partial charge in [0.2, 0.25) is 0 Å². The van der Waals surface area contributed by atoms with Gasteiger partial charge in [-0.25, -0.2) is 0 Å². The molecular weight excluding hydrogens is 893 g/mol. The fraction of sp³-hybridized carbons (Fsp3) is 0.281. The van der Waals surface area contributed by atoms with Gasteiger partial charge in [0, 0.05) is 16.7 Å². The zero-order chi connectivity index (χ0) is 51.7. The minimum atomic E-state index is -0.776. The van der Waals surface area contributed by atoms with Crippen molar-refractivity contribution in [1.82, 2.24) is 4.90 Å². The van der Waals surface area contributed by atoms with Gasteiger partial charge < -0.3 is 14.8 Å². The molecule has 8 rings (SSSR count). The van der Waals surface area contributed by atoms with E-state index in [2.05, 4.69) is 71.1 Å². The van der Waals surface area contributed by atoms with Crippen molar-refractivity contribution >= 4 is 29.7 Å². The molecule has 1 aliphatic rings. The molecule has 0 aromatic heterocycles. The number of ether oxygens (including phenoxy) is 2. The molecule has 3 amide bonds. The molecule has 8 nitrogen and oxygen atoms in total. The van der Waals surface area contributed by atoms with Crippen LogP contribution in [0.1, 0.15) is 160 Å². The summed E-state index contributed by atoms with van der Waals surface area (Å²) in [7, 11) is 0. The number of nitrogens with one attached hydrogen (secondary N) is 1. The first kappa shape index (κ1) is 50.8. The summed E-state index contributed by atoms with van der Waals surface area (Å²) >= 11 is 0. The van der Waals surface area contributed by atoms with Gasteiger partial charge in [-0.2, -0.15) is 0 Å². The van der Waals surface area contributed by atoms with E-state index in [0.717, 1.165) is 57.3 Å². The monoisotopic (exact) mass is 958 g/mol. The minimum Gasteiger partial charge on any atom is -0.457 e. The lowest BCUT2D eigenvalue weighted by Gasteiger charge is -2.41. The van der Waals surface area contributed by atoms with Crippen LogP contribution >= 0.6 is 0 Å². The number of carbonyl (C=O) groups is 4. The van der Waals surface area contributed by atoms with E-state index in [-0.39, 0.29) is 28.4 Å². The van der Waals surface area contributed by atoms with Gasteiger partial charge in [0.1, 0.15) is 23.0 Å². The Labute approximate surface area is 425 Å². The number of hydrogen-bond acceptors (Lipinski definition) is 6. The van der Waals surface area contributed by atoms with E-state index in [0.29, 0.717) is 58.9 Å². The van der Waals surface area contributed by atoms with Gasteiger partial charge in [0.25, 0.3) is 17.7 Å². The van der Waals surface area contributed by atoms with Gasteiger partial charge in [0.15, 0.2) is 6.29 Å². The fourth-order valence-electron chi connectivity index (χ4n) is 10.8. The lowest BCUT2D eigenvalue weighted by Crippen LogP contribution is -2.49. The Balaban J connectivity index is 0.923. The number of fused-ring (bicyclic) bond motifs is 1. The van der Waals surface area contributed by atoms with Crippen LogP contribution in [0.5, 0.6) is 23.0 Å². The van der Waals surface area contributed by atoms with Crippen molar-refractivity contribution < 1.29 is 28.7 Å². The fourth-order valence-corrected chi connectivity index (χ4v) is 10.8. The lowest BCUT2D eigenvalue weighted by atomic mass is 9.75. The summed E-state index contributed by atoms with van der Waals surface area (Å²) in [5, 5.41) is 3.02. The van der Waals surface area contributed by atoms with Gasteiger partial charge in [-0.05, 0) is 187 Å². The van der Waals surface area contributed by atoms with Crippen molar-refractivity contribution in [3.63, 3.8) is 0 Å². The highest BCUT2D eigenvalue weighted by molar-refractivity contribution is 6.22. The maximum atomic E-state index is 14.2. The van der Waals surface area contributed by atoms with Crippen LogP contribution in [0, 0.1) is 27.7 Å². The minimum absolute atomic E-state index is 0.138. The van der Waals surface area contributed by atoms with Crippen molar-refractivity contribution in [2.24, 2.45) is 0 Å². The summed E-state index contributed by atoms with van der Waals surface area (Å²) in [5.41, 5.74) is 11.8. The van der Waals surface area contributed by atoms with Crippen LogP contribution in [0.3, 0.4) is 0 Å². The van der Waals surface area contributed by atoms with Crippen LogP contribution < -0.4 is 14.8 Å². The lowest BCUT2D eigenvalue weighted by molar-refractivity contribution is 0.0384. The first-order valence-corrected chi connectivity index (χ1v) is 25.2. The second-order valence-electron chi connectivity index (χ2n) is 20.2. The molecule has 0 atom stereocenters. The molecule has 0 aliphatic carbocycles.